The van der Waals surface area contributed by atoms with E-state index in [1.165, 1.54) is 12.1 Å². The Morgan fingerprint density at radius 2 is 2.21 bits per heavy atom. The number of hydrogen-bond donors (Lipinski definition) is 1. The number of alkyl halides is 2. The van der Waals surface area contributed by atoms with Crippen molar-refractivity contribution in [3.05, 3.63) is 34.9 Å². The molecule has 0 heterocycles. The van der Waals surface area contributed by atoms with Crippen molar-refractivity contribution in [2.24, 2.45) is 0 Å². The van der Waals surface area contributed by atoms with E-state index in [1.807, 2.05) is 0 Å². The number of halogens is 3. The van der Waals surface area contributed by atoms with Gasteiger partial charge in [0.05, 0.1) is 6.61 Å². The van der Waals surface area contributed by atoms with Crippen LogP contribution < -0.4 is 10.1 Å². The van der Waals surface area contributed by atoms with Gasteiger partial charge < -0.3 is 14.8 Å². The Bertz CT molecular complexity index is 414. The van der Waals surface area contributed by atoms with Crippen LogP contribution in [-0.4, -0.2) is 33.4 Å². The highest BCUT2D eigenvalue weighted by Crippen LogP contribution is 2.25. The van der Waals surface area contributed by atoms with Gasteiger partial charge in [0.25, 0.3) is 0 Å². The fourth-order valence-electron chi connectivity index (χ4n) is 1.40. The molecule has 0 spiro atoms. The van der Waals surface area contributed by atoms with Crippen LogP contribution in [-0.2, 0) is 4.74 Å². The highest BCUT2D eigenvalue weighted by atomic mass is 35.5. The Hall–Kier alpha value is -1.17. The summed E-state index contributed by atoms with van der Waals surface area (Å²) in [7, 11) is 1.62. The first kappa shape index (κ1) is 15.9. The third-order valence-corrected chi connectivity index (χ3v) is 2.47. The minimum absolute atomic E-state index is 0.104. The summed E-state index contributed by atoms with van der Waals surface area (Å²) >= 11 is 5.83. The molecule has 0 aliphatic heterocycles. The fourth-order valence-corrected chi connectivity index (χ4v) is 1.58. The topological polar surface area (TPSA) is 30.5 Å². The van der Waals surface area contributed by atoms with E-state index in [9.17, 15) is 8.78 Å². The van der Waals surface area contributed by atoms with Crippen LogP contribution in [0.25, 0.3) is 6.08 Å². The molecule has 0 amide bonds. The van der Waals surface area contributed by atoms with Crippen LogP contribution >= 0.6 is 11.6 Å². The van der Waals surface area contributed by atoms with Gasteiger partial charge >= 0.3 is 6.61 Å². The van der Waals surface area contributed by atoms with Gasteiger partial charge in [-0.25, -0.2) is 0 Å². The molecule has 19 heavy (non-hydrogen) atoms. The summed E-state index contributed by atoms with van der Waals surface area (Å²) in [4.78, 5) is 0. The zero-order chi connectivity index (χ0) is 14.1. The quantitative estimate of drug-likeness (QED) is 0.746. The molecular weight excluding hydrogens is 276 g/mol. The van der Waals surface area contributed by atoms with Crippen molar-refractivity contribution in [2.45, 2.75) is 6.61 Å². The molecule has 1 aromatic rings. The van der Waals surface area contributed by atoms with Crippen molar-refractivity contribution in [1.29, 1.82) is 0 Å². The van der Waals surface area contributed by atoms with Crippen LogP contribution in [0, 0.1) is 0 Å². The van der Waals surface area contributed by atoms with Gasteiger partial charge in [-0.1, -0.05) is 23.8 Å². The summed E-state index contributed by atoms with van der Waals surface area (Å²) in [5, 5.41) is 3.56. The molecule has 0 aromatic heterocycles. The normalized spacial score (nSPS) is 11.4. The third-order valence-electron chi connectivity index (χ3n) is 2.23. The summed E-state index contributed by atoms with van der Waals surface area (Å²) in [6.07, 6.45) is 3.49. The Morgan fingerprint density at radius 3 is 2.89 bits per heavy atom. The van der Waals surface area contributed by atoms with E-state index in [-0.39, 0.29) is 5.75 Å². The first-order chi connectivity index (χ1) is 9.13. The lowest BCUT2D eigenvalue weighted by Gasteiger charge is -2.08. The summed E-state index contributed by atoms with van der Waals surface area (Å²) in [5.41, 5.74) is 0.515. The van der Waals surface area contributed by atoms with Gasteiger partial charge in [0, 0.05) is 30.8 Å². The number of ether oxygens (including phenoxy) is 2. The lowest BCUT2D eigenvalue weighted by atomic mass is 10.2. The highest BCUT2D eigenvalue weighted by Gasteiger charge is 2.08. The first-order valence-electron chi connectivity index (χ1n) is 5.74. The number of methoxy groups -OCH3 is 1. The first-order valence-corrected chi connectivity index (χ1v) is 6.12. The predicted molar refractivity (Wildman–Crippen MR) is 71.9 cm³/mol. The second-order valence-corrected chi connectivity index (χ2v) is 4.10. The van der Waals surface area contributed by atoms with E-state index >= 15 is 0 Å². The molecule has 0 aliphatic carbocycles. The summed E-state index contributed by atoms with van der Waals surface area (Å²) < 4.78 is 33.7. The van der Waals surface area contributed by atoms with Gasteiger partial charge in [0.15, 0.2) is 0 Å². The van der Waals surface area contributed by atoms with Crippen LogP contribution in [0.2, 0.25) is 5.02 Å². The number of rotatable bonds is 8. The van der Waals surface area contributed by atoms with E-state index < -0.39 is 6.61 Å². The molecule has 106 valence electrons. The van der Waals surface area contributed by atoms with Gasteiger partial charge in [0.2, 0.25) is 0 Å². The Kier molecular flexibility index (Phi) is 7.40. The maximum absolute atomic E-state index is 12.2. The Balaban J connectivity index is 2.59. The predicted octanol–water partition coefficient (Wildman–Crippen LogP) is 3.19. The second-order valence-electron chi connectivity index (χ2n) is 3.66. The monoisotopic (exact) mass is 291 g/mol. The Morgan fingerprint density at radius 1 is 1.42 bits per heavy atom. The van der Waals surface area contributed by atoms with Gasteiger partial charge in [-0.2, -0.15) is 8.78 Å². The zero-order valence-corrected chi connectivity index (χ0v) is 11.3. The molecular formula is C13H16ClF2NO2. The zero-order valence-electron chi connectivity index (χ0n) is 10.5. The van der Waals surface area contributed by atoms with Crippen molar-refractivity contribution in [3.8, 4) is 5.75 Å². The number of hydrogen-bond acceptors (Lipinski definition) is 3. The van der Waals surface area contributed by atoms with Crippen molar-refractivity contribution < 1.29 is 18.3 Å². The van der Waals surface area contributed by atoms with Crippen molar-refractivity contribution in [1.82, 2.24) is 5.32 Å². The van der Waals surface area contributed by atoms with Crippen LogP contribution in [0.15, 0.2) is 24.3 Å². The van der Waals surface area contributed by atoms with Crippen LogP contribution in [0.5, 0.6) is 5.75 Å². The Labute approximate surface area is 116 Å². The molecule has 0 unspecified atom stereocenters. The van der Waals surface area contributed by atoms with E-state index in [2.05, 4.69) is 10.1 Å². The summed E-state index contributed by atoms with van der Waals surface area (Å²) in [6.45, 7) is -0.918. The molecule has 1 N–H and O–H groups in total. The standard InChI is InChI=1S/C13H16ClF2NO2/c1-18-8-7-17-6-2-3-10-9-11(14)4-5-12(10)19-13(15)16/h2-5,9,13,17H,6-8H2,1H3. The van der Waals surface area contributed by atoms with E-state index in [4.69, 9.17) is 16.3 Å². The average molecular weight is 292 g/mol. The van der Waals surface area contributed by atoms with Gasteiger partial charge in [-0.3, -0.25) is 0 Å². The molecule has 3 nitrogen and oxygen atoms in total. The van der Waals surface area contributed by atoms with Crippen LogP contribution in [0.3, 0.4) is 0 Å². The number of nitrogens with one attached hydrogen (secondary N) is 1. The van der Waals surface area contributed by atoms with E-state index in [0.717, 1.165) is 6.54 Å². The fraction of sp³-hybridized carbons (Fsp3) is 0.385. The molecule has 0 saturated heterocycles. The highest BCUT2D eigenvalue weighted by molar-refractivity contribution is 6.30. The van der Waals surface area contributed by atoms with E-state index in [1.54, 1.807) is 25.3 Å². The molecule has 6 heteroatoms. The summed E-state index contributed by atoms with van der Waals surface area (Å²) in [5.74, 6) is 0.104. The SMILES string of the molecule is COCCNCC=Cc1cc(Cl)ccc1OC(F)F. The van der Waals surface area contributed by atoms with Crippen LogP contribution in [0.1, 0.15) is 5.56 Å². The van der Waals surface area contributed by atoms with Crippen LogP contribution in [0.4, 0.5) is 8.78 Å². The molecule has 1 aromatic carbocycles. The molecule has 0 saturated carbocycles. The van der Waals surface area contributed by atoms with Crippen molar-refractivity contribution in [3.63, 3.8) is 0 Å². The summed E-state index contributed by atoms with van der Waals surface area (Å²) in [6, 6.07) is 4.50. The average Bonchev–Trinajstić information content (AvgIpc) is 2.36. The lowest BCUT2D eigenvalue weighted by molar-refractivity contribution is -0.0499. The maximum atomic E-state index is 12.2. The smallest absolute Gasteiger partial charge is 0.387 e. The van der Waals surface area contributed by atoms with Gasteiger partial charge in [0.1, 0.15) is 5.75 Å². The molecule has 0 aliphatic rings. The molecule has 0 radical (unpaired) electrons. The molecule has 0 atom stereocenters. The van der Waals surface area contributed by atoms with Gasteiger partial charge in [-0.15, -0.1) is 0 Å². The second kappa shape index (κ2) is 8.85. The molecule has 1 rings (SSSR count). The minimum Gasteiger partial charge on any atom is -0.434 e. The van der Waals surface area contributed by atoms with Gasteiger partial charge in [-0.05, 0) is 18.2 Å². The third kappa shape index (κ3) is 6.52. The molecule has 0 bridgehead atoms. The molecule has 0 fully saturated rings. The minimum atomic E-state index is -2.85. The maximum Gasteiger partial charge on any atom is 0.387 e. The van der Waals surface area contributed by atoms with E-state index in [0.29, 0.717) is 23.7 Å². The number of benzene rings is 1. The largest absolute Gasteiger partial charge is 0.434 e. The van der Waals surface area contributed by atoms with Crippen molar-refractivity contribution in [2.75, 3.05) is 26.8 Å². The van der Waals surface area contributed by atoms with Crippen molar-refractivity contribution >= 4 is 17.7 Å². The lowest BCUT2D eigenvalue weighted by Crippen LogP contribution is -2.18.